The molecule has 0 aliphatic heterocycles. The number of fused-ring (bicyclic) bond motifs is 3. The predicted octanol–water partition coefficient (Wildman–Crippen LogP) is 15.1. The van der Waals surface area contributed by atoms with Crippen LogP contribution >= 0.6 is 0 Å². The summed E-state index contributed by atoms with van der Waals surface area (Å²) in [6, 6.07) is 47.0. The van der Waals surface area contributed by atoms with Gasteiger partial charge < -0.3 is 4.42 Å². The molecule has 10 rings (SSSR count). The van der Waals surface area contributed by atoms with E-state index in [2.05, 4.69) is 52.0 Å². The molecule has 0 atom stereocenters. The van der Waals surface area contributed by atoms with Gasteiger partial charge in [-0.05, 0) is 125 Å². The average molecular weight is 867 g/mol. The van der Waals surface area contributed by atoms with Gasteiger partial charge >= 0.3 is 0 Å². The van der Waals surface area contributed by atoms with E-state index in [-0.39, 0.29) is 22.7 Å². The fourth-order valence-corrected chi connectivity index (χ4v) is 9.66. The van der Waals surface area contributed by atoms with Crippen LogP contribution in [0.5, 0.6) is 0 Å². The lowest BCUT2D eigenvalue weighted by Crippen LogP contribution is -2.23. The molecule has 9 aromatic rings. The molecule has 0 bridgehead atoms. The molecule has 0 unspecified atom stereocenters. The number of para-hydroxylation sites is 1. The van der Waals surface area contributed by atoms with Crippen molar-refractivity contribution in [1.82, 2.24) is 15.0 Å². The van der Waals surface area contributed by atoms with Gasteiger partial charge in [0.2, 0.25) is 0 Å². The Kier molecular flexibility index (Phi) is 9.86. The van der Waals surface area contributed by atoms with Gasteiger partial charge in [-0.2, -0.15) is 5.26 Å². The van der Waals surface area contributed by atoms with E-state index in [0.29, 0.717) is 59.1 Å². The maximum absolute atomic E-state index is 10.2. The Bertz CT molecular complexity index is 3370. The van der Waals surface area contributed by atoms with Crippen molar-refractivity contribution in [1.29, 1.82) is 5.26 Å². The number of furan rings is 1. The van der Waals surface area contributed by atoms with Crippen LogP contribution in [-0.2, 0) is 36.4 Å². The monoisotopic (exact) mass is 866 g/mol. The first kappa shape index (κ1) is 36.1. The van der Waals surface area contributed by atoms with Crippen LogP contribution in [0.25, 0.3) is 55.7 Å². The number of nitrogens with zero attached hydrogens (tertiary/aromatic N) is 4. The van der Waals surface area contributed by atoms with Gasteiger partial charge in [0.05, 0.1) is 30.1 Å². The number of rotatable bonds is 13. The highest BCUT2D eigenvalue weighted by molar-refractivity contribution is 6.10. The molecule has 1 aliphatic carbocycles. The quantitative estimate of drug-likeness (QED) is 0.115. The molecule has 0 spiro atoms. The Labute approximate surface area is 397 Å². The molecule has 4 aromatic heterocycles. The minimum atomic E-state index is -2.53. The molecule has 5 nitrogen and oxygen atoms in total. The van der Waals surface area contributed by atoms with Gasteiger partial charge in [0.15, 0.2) is 0 Å². The van der Waals surface area contributed by atoms with Gasteiger partial charge in [-0.3, -0.25) is 15.0 Å². The molecule has 4 heterocycles. The maximum Gasteiger partial charge on any atom is 0.144 e. The lowest BCUT2D eigenvalue weighted by atomic mass is 9.77. The number of hydrogen-bond donors (Lipinski definition) is 0. The summed E-state index contributed by atoms with van der Waals surface area (Å²) < 4.78 is 63.4. The number of hydrogen-bond acceptors (Lipinski definition) is 5. The van der Waals surface area contributed by atoms with E-state index >= 15 is 0 Å². The first-order valence-corrected chi connectivity index (χ1v) is 22.9. The highest BCUT2D eigenvalue weighted by Gasteiger charge is 2.27. The smallest absolute Gasteiger partial charge is 0.144 e. The van der Waals surface area contributed by atoms with E-state index in [1.807, 2.05) is 116 Å². The summed E-state index contributed by atoms with van der Waals surface area (Å²) in [5.74, 6) is -1.04. The zero-order valence-electron chi connectivity index (χ0n) is 44.0. The van der Waals surface area contributed by atoms with Gasteiger partial charge in [-0.15, -0.1) is 0 Å². The molecular weight excluding hydrogens is 805 g/mol. The van der Waals surface area contributed by atoms with Crippen molar-refractivity contribution in [2.45, 2.75) is 95.7 Å². The SMILES string of the molecule is [2H]c1cc2c(oc3c(-c4ccc(C([2H])([2H])C([2H])([2H])c5cc(CC(C)(C)c6ccc(-c7ccccc7)nc6)cc(CC(C)(C)c6ccc(-c7ccccc7)nc6)c5)cn4)cccc32)c(C2([2H])CCCC2)c1C#N. The summed E-state index contributed by atoms with van der Waals surface area (Å²) in [5.41, 5.74) is 9.81. The lowest BCUT2D eigenvalue weighted by Gasteiger charge is -2.28. The zero-order valence-corrected chi connectivity index (χ0v) is 38.0. The van der Waals surface area contributed by atoms with Crippen LogP contribution < -0.4 is 0 Å². The Balaban J connectivity index is 0.996. The van der Waals surface area contributed by atoms with Crippen LogP contribution in [0.1, 0.15) is 112 Å². The molecule has 5 heteroatoms. The van der Waals surface area contributed by atoms with Crippen LogP contribution in [0.3, 0.4) is 0 Å². The van der Waals surface area contributed by atoms with Crippen molar-refractivity contribution < 1.29 is 12.6 Å². The van der Waals surface area contributed by atoms with Crippen molar-refractivity contribution >= 4 is 21.9 Å². The van der Waals surface area contributed by atoms with Crippen molar-refractivity contribution in [2.24, 2.45) is 0 Å². The van der Waals surface area contributed by atoms with Crippen LogP contribution in [0.4, 0.5) is 0 Å². The molecule has 5 aromatic carbocycles. The maximum atomic E-state index is 10.2. The zero-order chi connectivity index (χ0) is 50.6. The normalized spacial score (nSPS) is 15.6. The van der Waals surface area contributed by atoms with Crippen LogP contribution in [-0.4, -0.2) is 15.0 Å². The van der Waals surface area contributed by atoms with Gasteiger partial charge in [-0.25, -0.2) is 0 Å². The van der Waals surface area contributed by atoms with E-state index in [0.717, 1.165) is 63.0 Å². The van der Waals surface area contributed by atoms with Gasteiger partial charge in [0.1, 0.15) is 11.2 Å². The first-order valence-electron chi connectivity index (χ1n) is 25.9. The second kappa shape index (κ2) is 18.0. The Morgan fingerprint density at radius 2 is 1.15 bits per heavy atom. The highest BCUT2D eigenvalue weighted by atomic mass is 16.3. The van der Waals surface area contributed by atoms with E-state index < -0.39 is 29.5 Å². The third kappa shape index (κ3) is 8.81. The molecule has 0 N–H and O–H groups in total. The molecular formula is C61H56N4O. The predicted molar refractivity (Wildman–Crippen MR) is 270 cm³/mol. The summed E-state index contributed by atoms with van der Waals surface area (Å²) in [4.78, 5) is 14.4. The summed E-state index contributed by atoms with van der Waals surface area (Å²) in [6.07, 6.45) is 4.16. The topological polar surface area (TPSA) is 75.6 Å². The number of nitriles is 1. The summed E-state index contributed by atoms with van der Waals surface area (Å²) in [5, 5.41) is 11.6. The molecule has 0 radical (unpaired) electrons. The van der Waals surface area contributed by atoms with E-state index in [9.17, 15) is 12.1 Å². The van der Waals surface area contributed by atoms with Gasteiger partial charge in [0, 0.05) is 58.5 Å². The molecule has 326 valence electrons. The minimum Gasteiger partial charge on any atom is -0.455 e. The molecule has 0 amide bonds. The molecule has 0 saturated heterocycles. The van der Waals surface area contributed by atoms with Crippen molar-refractivity contribution in [2.75, 3.05) is 0 Å². The molecule has 1 fully saturated rings. The number of benzene rings is 5. The third-order valence-corrected chi connectivity index (χ3v) is 13.2. The Morgan fingerprint density at radius 1 is 0.606 bits per heavy atom. The van der Waals surface area contributed by atoms with E-state index in [4.69, 9.17) is 20.7 Å². The minimum absolute atomic E-state index is 0.0629. The molecule has 1 aliphatic rings. The third-order valence-electron chi connectivity index (χ3n) is 13.2. The summed E-state index contributed by atoms with van der Waals surface area (Å²) in [6.45, 7) is 8.64. The first-order chi connectivity index (χ1) is 34.4. The van der Waals surface area contributed by atoms with Gasteiger partial charge in [-0.1, -0.05) is 150 Å². The second-order valence-electron chi connectivity index (χ2n) is 18.9. The van der Waals surface area contributed by atoms with Crippen LogP contribution in [0.2, 0.25) is 0 Å². The fourth-order valence-electron chi connectivity index (χ4n) is 9.66. The molecule has 1 saturated carbocycles. The average Bonchev–Trinajstić information content (AvgIpc) is 4.00. The second-order valence-corrected chi connectivity index (χ2v) is 18.9. The number of aryl methyl sites for hydroxylation is 2. The van der Waals surface area contributed by atoms with Crippen LogP contribution in [0, 0.1) is 11.3 Å². The van der Waals surface area contributed by atoms with E-state index in [1.165, 1.54) is 6.20 Å². The van der Waals surface area contributed by atoms with Gasteiger partial charge in [0.25, 0.3) is 0 Å². The summed E-state index contributed by atoms with van der Waals surface area (Å²) in [7, 11) is 0. The fraction of sp³-hybridized carbons (Fsp3) is 0.246. The van der Waals surface area contributed by atoms with Crippen molar-refractivity contribution in [3.63, 3.8) is 0 Å². The Hall–Kier alpha value is -7.16. The molecule has 66 heavy (non-hydrogen) atoms. The van der Waals surface area contributed by atoms with Crippen molar-refractivity contribution in [3.8, 4) is 39.8 Å². The lowest BCUT2D eigenvalue weighted by molar-refractivity contribution is 0.512. The number of pyridine rings is 3. The van der Waals surface area contributed by atoms with Crippen molar-refractivity contribution in [3.05, 3.63) is 209 Å². The standard InChI is InChI=1S/C61H56N4O/c1-60(2,49-26-30-54(64-39-49)45-14-7-5-8-15-45)35-43-32-42(33-44(34-43)36-61(3,4)50-27-31-55(65-40-50)46-16-9-6-10-17-46)23-22-41-24-29-56(63-38-41)53-21-13-20-51-52-28-25-48(37-62)57(47-18-11-12-19-47)59(52)66-58(51)53/h5-10,13-17,20-21,24-34,38-40,47H,11-12,18-19,22-23,35-36H2,1-4H3/i22D2,23D2,25D,47D. The Morgan fingerprint density at radius 3 is 1.70 bits per heavy atom. The summed E-state index contributed by atoms with van der Waals surface area (Å²) >= 11 is 0. The van der Waals surface area contributed by atoms with E-state index in [1.54, 1.807) is 18.2 Å². The largest absolute Gasteiger partial charge is 0.455 e. The number of aromatic nitrogens is 3. The highest BCUT2D eigenvalue weighted by Crippen LogP contribution is 2.44. The van der Waals surface area contributed by atoms with Crippen LogP contribution in [0.15, 0.2) is 169 Å².